The normalized spacial score (nSPS) is 19.8. The topological polar surface area (TPSA) is 0 Å². The molecule has 0 saturated heterocycles. The van der Waals surface area contributed by atoms with E-state index in [9.17, 15) is 4.39 Å². The average Bonchev–Trinajstić information content (AvgIpc) is 2.71. The van der Waals surface area contributed by atoms with Crippen molar-refractivity contribution < 1.29 is 4.39 Å². The van der Waals surface area contributed by atoms with Gasteiger partial charge in [0.2, 0.25) is 0 Å². The molecule has 0 amide bonds. The number of aryl methyl sites for hydroxylation is 1. The molecule has 27 heavy (non-hydrogen) atoms. The lowest BCUT2D eigenvalue weighted by atomic mass is 9.77. The standard InChI is InChI=1S/C26H33F/c1-3-5-7-20-9-13-22(14-10-20)24-17-18-25(26(27)19-24)23-15-11-21(12-16-23)8-6-4-2/h3,9-10,13-14,17-19,21,23H,1,4-8,11-12,15-16H2,2H3. The van der Waals surface area contributed by atoms with Crippen molar-refractivity contribution >= 4 is 0 Å². The molecule has 0 aromatic heterocycles. The van der Waals surface area contributed by atoms with Gasteiger partial charge in [-0.1, -0.05) is 68.7 Å². The molecule has 1 heteroatoms. The zero-order valence-corrected chi connectivity index (χ0v) is 16.7. The average molecular weight is 365 g/mol. The molecular weight excluding hydrogens is 331 g/mol. The zero-order valence-electron chi connectivity index (χ0n) is 16.7. The first-order valence-corrected chi connectivity index (χ1v) is 10.7. The molecule has 0 bridgehead atoms. The molecule has 1 aliphatic rings. The van der Waals surface area contributed by atoms with E-state index in [-0.39, 0.29) is 5.82 Å². The second-order valence-corrected chi connectivity index (χ2v) is 8.12. The second-order valence-electron chi connectivity index (χ2n) is 8.12. The first-order valence-electron chi connectivity index (χ1n) is 10.7. The van der Waals surface area contributed by atoms with Crippen molar-refractivity contribution in [2.24, 2.45) is 5.92 Å². The summed E-state index contributed by atoms with van der Waals surface area (Å²) in [5.74, 6) is 1.24. The van der Waals surface area contributed by atoms with E-state index in [1.54, 1.807) is 6.07 Å². The Balaban J connectivity index is 1.65. The monoisotopic (exact) mass is 364 g/mol. The molecular formula is C26H33F. The maximum atomic E-state index is 14.9. The van der Waals surface area contributed by atoms with Gasteiger partial charge in [0.1, 0.15) is 5.82 Å². The van der Waals surface area contributed by atoms with E-state index >= 15 is 0 Å². The molecule has 2 aromatic rings. The molecule has 1 fully saturated rings. The summed E-state index contributed by atoms with van der Waals surface area (Å²) in [5, 5.41) is 0. The van der Waals surface area contributed by atoms with Crippen LogP contribution in [0.15, 0.2) is 55.1 Å². The summed E-state index contributed by atoms with van der Waals surface area (Å²) in [4.78, 5) is 0. The number of unbranched alkanes of at least 4 members (excludes halogenated alkanes) is 1. The lowest BCUT2D eigenvalue weighted by Gasteiger charge is -2.29. The Morgan fingerprint density at radius 3 is 2.33 bits per heavy atom. The molecule has 3 rings (SSSR count). The number of allylic oxidation sites excluding steroid dienone is 1. The van der Waals surface area contributed by atoms with E-state index in [4.69, 9.17) is 0 Å². The van der Waals surface area contributed by atoms with E-state index in [0.29, 0.717) is 5.92 Å². The molecule has 144 valence electrons. The van der Waals surface area contributed by atoms with Crippen LogP contribution in [0.25, 0.3) is 11.1 Å². The van der Waals surface area contributed by atoms with E-state index in [1.165, 1.54) is 37.7 Å². The highest BCUT2D eigenvalue weighted by Crippen LogP contribution is 2.39. The Kier molecular flexibility index (Phi) is 7.26. The summed E-state index contributed by atoms with van der Waals surface area (Å²) in [5.41, 5.74) is 4.29. The Bertz CT molecular complexity index is 720. The van der Waals surface area contributed by atoms with Crippen LogP contribution in [0.2, 0.25) is 0 Å². The fraction of sp³-hybridized carbons (Fsp3) is 0.462. The van der Waals surface area contributed by atoms with E-state index < -0.39 is 0 Å². The van der Waals surface area contributed by atoms with Gasteiger partial charge in [0.05, 0.1) is 0 Å². The number of hydrogen-bond acceptors (Lipinski definition) is 0. The summed E-state index contributed by atoms with van der Waals surface area (Å²) >= 11 is 0. The summed E-state index contributed by atoms with van der Waals surface area (Å²) in [6, 6.07) is 14.4. The number of benzene rings is 2. The molecule has 2 aromatic carbocycles. The minimum Gasteiger partial charge on any atom is -0.207 e. The van der Waals surface area contributed by atoms with Crippen molar-refractivity contribution in [1.82, 2.24) is 0 Å². The zero-order chi connectivity index (χ0) is 19.1. The van der Waals surface area contributed by atoms with Crippen molar-refractivity contribution in [2.45, 2.75) is 70.6 Å². The third-order valence-corrected chi connectivity index (χ3v) is 6.18. The molecule has 0 unspecified atom stereocenters. The number of hydrogen-bond donors (Lipinski definition) is 0. The van der Waals surface area contributed by atoms with Crippen LogP contribution >= 0.6 is 0 Å². The third-order valence-electron chi connectivity index (χ3n) is 6.18. The highest BCUT2D eigenvalue weighted by molar-refractivity contribution is 5.64. The molecule has 0 radical (unpaired) electrons. The van der Waals surface area contributed by atoms with Crippen LogP contribution < -0.4 is 0 Å². The smallest absolute Gasteiger partial charge is 0.127 e. The van der Waals surface area contributed by atoms with Gasteiger partial charge in [0, 0.05) is 0 Å². The predicted molar refractivity (Wildman–Crippen MR) is 115 cm³/mol. The van der Waals surface area contributed by atoms with Gasteiger partial charge in [-0.3, -0.25) is 0 Å². The van der Waals surface area contributed by atoms with E-state index in [0.717, 1.165) is 48.3 Å². The highest BCUT2D eigenvalue weighted by atomic mass is 19.1. The fourth-order valence-corrected chi connectivity index (χ4v) is 4.43. The molecule has 0 atom stereocenters. The van der Waals surface area contributed by atoms with Crippen molar-refractivity contribution in [3.05, 3.63) is 72.1 Å². The molecule has 0 aliphatic heterocycles. The van der Waals surface area contributed by atoms with Gasteiger partial charge in [0.25, 0.3) is 0 Å². The summed E-state index contributed by atoms with van der Waals surface area (Å²) in [6.07, 6.45) is 12.7. The first-order chi connectivity index (χ1) is 13.2. The van der Waals surface area contributed by atoms with Gasteiger partial charge in [-0.15, -0.1) is 6.58 Å². The molecule has 1 saturated carbocycles. The van der Waals surface area contributed by atoms with Gasteiger partial charge < -0.3 is 0 Å². The largest absolute Gasteiger partial charge is 0.207 e. The van der Waals surface area contributed by atoms with Crippen LogP contribution in [-0.4, -0.2) is 0 Å². The van der Waals surface area contributed by atoms with Crippen molar-refractivity contribution in [1.29, 1.82) is 0 Å². The van der Waals surface area contributed by atoms with Crippen LogP contribution in [0.3, 0.4) is 0 Å². The Morgan fingerprint density at radius 2 is 1.70 bits per heavy atom. The van der Waals surface area contributed by atoms with Crippen molar-refractivity contribution in [3.8, 4) is 11.1 Å². The quantitative estimate of drug-likeness (QED) is 0.415. The van der Waals surface area contributed by atoms with Crippen molar-refractivity contribution in [3.63, 3.8) is 0 Å². The van der Waals surface area contributed by atoms with Crippen LogP contribution in [0, 0.1) is 11.7 Å². The minimum atomic E-state index is -0.0276. The summed E-state index contributed by atoms with van der Waals surface area (Å²) < 4.78 is 14.9. The molecule has 0 nitrogen and oxygen atoms in total. The van der Waals surface area contributed by atoms with Crippen LogP contribution in [-0.2, 0) is 6.42 Å². The Labute approximate surface area is 164 Å². The molecule has 0 spiro atoms. The van der Waals surface area contributed by atoms with Gasteiger partial charge in [-0.2, -0.15) is 0 Å². The predicted octanol–water partition coefficient (Wildman–Crippen LogP) is 8.08. The third kappa shape index (κ3) is 5.31. The SMILES string of the molecule is C=CCCc1ccc(-c2ccc(C3CCC(CCCC)CC3)c(F)c2)cc1. The lowest BCUT2D eigenvalue weighted by Crippen LogP contribution is -2.14. The summed E-state index contributed by atoms with van der Waals surface area (Å²) in [7, 11) is 0. The minimum absolute atomic E-state index is 0.0276. The van der Waals surface area contributed by atoms with Gasteiger partial charge in [-0.05, 0) is 78.7 Å². The summed E-state index contributed by atoms with van der Waals surface area (Å²) in [6.45, 7) is 6.03. The highest BCUT2D eigenvalue weighted by Gasteiger charge is 2.24. The Hall–Kier alpha value is -1.89. The van der Waals surface area contributed by atoms with Crippen molar-refractivity contribution in [2.75, 3.05) is 0 Å². The van der Waals surface area contributed by atoms with Gasteiger partial charge in [-0.25, -0.2) is 4.39 Å². The maximum absolute atomic E-state index is 14.9. The van der Waals surface area contributed by atoms with Crippen LogP contribution in [0.4, 0.5) is 4.39 Å². The number of rotatable bonds is 8. The van der Waals surface area contributed by atoms with Crippen LogP contribution in [0.1, 0.15) is 75.3 Å². The molecule has 0 heterocycles. The van der Waals surface area contributed by atoms with Gasteiger partial charge >= 0.3 is 0 Å². The first kappa shape index (κ1) is 19.9. The maximum Gasteiger partial charge on any atom is 0.127 e. The van der Waals surface area contributed by atoms with Crippen LogP contribution in [0.5, 0.6) is 0 Å². The van der Waals surface area contributed by atoms with Gasteiger partial charge in [0.15, 0.2) is 0 Å². The van der Waals surface area contributed by atoms with E-state index in [1.807, 2.05) is 12.1 Å². The molecule has 0 N–H and O–H groups in total. The lowest BCUT2D eigenvalue weighted by molar-refractivity contribution is 0.301. The fourth-order valence-electron chi connectivity index (χ4n) is 4.43. The molecule has 1 aliphatic carbocycles. The Morgan fingerprint density at radius 1 is 1.00 bits per heavy atom. The number of halogens is 1. The second kappa shape index (κ2) is 9.88. The van der Waals surface area contributed by atoms with E-state index in [2.05, 4.69) is 43.8 Å².